The maximum absolute atomic E-state index is 14.6. The molecule has 0 radical (unpaired) electrons. The van der Waals surface area contributed by atoms with Crippen molar-refractivity contribution in [2.45, 2.75) is 156 Å². The quantitative estimate of drug-likeness (QED) is 0.188. The Balaban J connectivity index is 2.25. The predicted octanol–water partition coefficient (Wildman–Crippen LogP) is 5.66. The van der Waals surface area contributed by atoms with Crippen molar-refractivity contribution in [3.63, 3.8) is 0 Å². The van der Waals surface area contributed by atoms with Gasteiger partial charge in [0.15, 0.2) is 24.4 Å². The number of cyclic esters (lactones) is 4. The minimum absolute atomic E-state index is 0.0814. The van der Waals surface area contributed by atoms with Crippen LogP contribution in [-0.4, -0.2) is 144 Å². The van der Waals surface area contributed by atoms with Crippen LogP contribution in [0.25, 0.3) is 0 Å². The molecule has 4 amide bonds. The van der Waals surface area contributed by atoms with Gasteiger partial charge in [0.25, 0.3) is 23.6 Å². The lowest BCUT2D eigenvalue weighted by atomic mass is 10.00. The summed E-state index contributed by atoms with van der Waals surface area (Å²) in [5, 5.41) is 0. The second-order valence-corrected chi connectivity index (χ2v) is 19.8. The summed E-state index contributed by atoms with van der Waals surface area (Å²) in [5.74, 6) is -7.13. The molecule has 1 aliphatic heterocycles. The minimum Gasteiger partial charge on any atom is -0.451 e. The van der Waals surface area contributed by atoms with Crippen molar-refractivity contribution >= 4 is 47.5 Å². The van der Waals surface area contributed by atoms with Gasteiger partial charge in [0, 0.05) is 41.0 Å². The van der Waals surface area contributed by atoms with Crippen molar-refractivity contribution in [2.24, 2.45) is 23.7 Å². The van der Waals surface area contributed by atoms with Crippen LogP contribution in [0, 0.1) is 23.7 Å². The van der Waals surface area contributed by atoms with E-state index in [2.05, 4.69) is 0 Å². The molecule has 16 nitrogen and oxygen atoms in total. The monoisotopic (exact) mass is 949 g/mol. The molecule has 1 fully saturated rings. The maximum Gasteiger partial charge on any atom is 0.329 e. The van der Waals surface area contributed by atoms with E-state index < -0.39 is 96.1 Å². The van der Waals surface area contributed by atoms with Crippen LogP contribution < -0.4 is 0 Å². The fourth-order valence-electron chi connectivity index (χ4n) is 8.14. The number of hydrogen-bond donors (Lipinski definition) is 0. The number of rotatable bonds is 12. The highest BCUT2D eigenvalue weighted by Crippen LogP contribution is 2.24. The number of hydrogen-bond acceptors (Lipinski definition) is 12. The van der Waals surface area contributed by atoms with E-state index in [0.29, 0.717) is 11.1 Å². The van der Waals surface area contributed by atoms with Crippen molar-refractivity contribution in [3.05, 3.63) is 71.8 Å². The van der Waals surface area contributed by atoms with Crippen LogP contribution in [0.3, 0.4) is 0 Å². The average Bonchev–Trinajstić information content (AvgIpc) is 3.28. The SMILES string of the molecule is CC(C)C[C@@H]1C(=O)O[C@H](Cc2ccccc2)C(=O)N(C)[C@@H](CC(C)C)C(=O)O[C@@H](C)C(=O)N(C)[C@@H](CC(C)C)C(=O)O[C@H](Cc2ccccc2)C(=O)N(C)[C@H](CC(C)C)C(=O)O[C@H](C)C(=O)N1C. The minimum atomic E-state index is -1.47. The number of benzene rings is 2. The van der Waals surface area contributed by atoms with Crippen LogP contribution >= 0.6 is 0 Å². The van der Waals surface area contributed by atoms with Crippen LogP contribution in [0.2, 0.25) is 0 Å². The number of esters is 4. The zero-order valence-electron chi connectivity index (χ0n) is 42.6. The molecular weight excluding hydrogens is 873 g/mol. The first kappa shape index (κ1) is 56.5. The number of ether oxygens (including phenoxy) is 4. The van der Waals surface area contributed by atoms with Gasteiger partial charge >= 0.3 is 23.9 Å². The fraction of sp³-hybridized carbons (Fsp3) is 0.615. The number of carbonyl (C=O) groups excluding carboxylic acids is 8. The topological polar surface area (TPSA) is 186 Å². The highest BCUT2D eigenvalue weighted by atomic mass is 16.6. The van der Waals surface area contributed by atoms with Gasteiger partial charge in [-0.1, -0.05) is 116 Å². The van der Waals surface area contributed by atoms with Gasteiger partial charge in [0.05, 0.1) is 0 Å². The highest BCUT2D eigenvalue weighted by molar-refractivity contribution is 5.94. The molecule has 2 aromatic rings. The molecule has 1 aliphatic rings. The summed E-state index contributed by atoms with van der Waals surface area (Å²) >= 11 is 0. The van der Waals surface area contributed by atoms with Crippen molar-refractivity contribution in [1.29, 1.82) is 0 Å². The molecule has 0 spiro atoms. The Morgan fingerprint density at radius 1 is 0.382 bits per heavy atom. The summed E-state index contributed by atoms with van der Waals surface area (Å²) in [6.45, 7) is 17.5. The molecule has 376 valence electrons. The van der Waals surface area contributed by atoms with E-state index in [1.54, 1.807) is 60.7 Å². The van der Waals surface area contributed by atoms with Crippen LogP contribution in [0.4, 0.5) is 0 Å². The first-order valence-electron chi connectivity index (χ1n) is 23.8. The molecule has 0 aliphatic carbocycles. The zero-order valence-corrected chi connectivity index (χ0v) is 42.6. The van der Waals surface area contributed by atoms with E-state index in [1.165, 1.54) is 42.0 Å². The molecule has 0 bridgehead atoms. The lowest BCUT2D eigenvalue weighted by molar-refractivity contribution is -0.176. The maximum atomic E-state index is 14.6. The standard InChI is InChI=1S/C52H76N4O12/c1-31(2)25-39-49(61)65-35(9)45(57)53(11)42(28-34(7)8)52(64)68-44(30-38-23-19-16-20-24-38)48(60)56(14)40(26-32(3)4)50(62)66-36(10)46(58)54(12)41(27-33(5)6)51(63)67-43(47(59)55(39)13)29-37-21-17-15-18-22-37/h15-24,31-36,39-44H,25-30H2,1-14H3/t35-,36+,39-,40+,41+,42-,43-,44-/m1/s1. The van der Waals surface area contributed by atoms with Crippen molar-refractivity contribution in [2.75, 3.05) is 28.2 Å². The Labute approximate surface area is 403 Å². The summed E-state index contributed by atoms with van der Waals surface area (Å²) in [5.41, 5.74) is 1.30. The largest absolute Gasteiger partial charge is 0.451 e. The van der Waals surface area contributed by atoms with Crippen LogP contribution in [0.1, 0.15) is 106 Å². The third-order valence-electron chi connectivity index (χ3n) is 12.0. The van der Waals surface area contributed by atoms with Crippen molar-refractivity contribution in [1.82, 2.24) is 19.6 Å². The average molecular weight is 949 g/mol. The molecule has 0 N–H and O–H groups in total. The molecule has 0 saturated carbocycles. The second-order valence-electron chi connectivity index (χ2n) is 19.8. The van der Waals surface area contributed by atoms with E-state index in [0.717, 1.165) is 19.6 Å². The molecule has 2 aromatic carbocycles. The normalized spacial score (nSPS) is 25.2. The number of nitrogens with zero attached hydrogens (tertiary/aromatic N) is 4. The summed E-state index contributed by atoms with van der Waals surface area (Å²) < 4.78 is 23.8. The Morgan fingerprint density at radius 2 is 0.618 bits per heavy atom. The number of likely N-dealkylation sites (N-methyl/N-ethyl adjacent to an activating group) is 4. The Morgan fingerprint density at radius 3 is 0.868 bits per heavy atom. The smallest absolute Gasteiger partial charge is 0.329 e. The van der Waals surface area contributed by atoms with Gasteiger partial charge in [-0.15, -0.1) is 0 Å². The summed E-state index contributed by atoms with van der Waals surface area (Å²) in [6, 6.07) is 12.7. The zero-order chi connectivity index (χ0) is 51.2. The van der Waals surface area contributed by atoms with Gasteiger partial charge < -0.3 is 38.5 Å². The van der Waals surface area contributed by atoms with E-state index in [-0.39, 0.29) is 62.2 Å². The Hall–Kier alpha value is -5.80. The lowest BCUT2D eigenvalue weighted by Gasteiger charge is -2.35. The van der Waals surface area contributed by atoms with Gasteiger partial charge in [-0.3, -0.25) is 19.2 Å². The molecular formula is C52H76N4O12. The summed E-state index contributed by atoms with van der Waals surface area (Å²) in [6.07, 6.45) is -5.56. The van der Waals surface area contributed by atoms with E-state index >= 15 is 0 Å². The van der Waals surface area contributed by atoms with E-state index in [1.807, 2.05) is 55.4 Å². The molecule has 1 heterocycles. The van der Waals surface area contributed by atoms with Gasteiger partial charge in [-0.25, -0.2) is 19.2 Å². The van der Waals surface area contributed by atoms with Crippen LogP contribution in [0.15, 0.2) is 60.7 Å². The van der Waals surface area contributed by atoms with Gasteiger partial charge in [0.2, 0.25) is 0 Å². The second kappa shape index (κ2) is 26.1. The van der Waals surface area contributed by atoms with Gasteiger partial charge in [-0.2, -0.15) is 0 Å². The number of carbonyl (C=O) groups is 8. The van der Waals surface area contributed by atoms with Gasteiger partial charge in [-0.05, 0) is 74.3 Å². The molecule has 16 heteroatoms. The van der Waals surface area contributed by atoms with Crippen LogP contribution in [-0.2, 0) is 70.1 Å². The molecule has 1 saturated heterocycles. The number of amides is 4. The molecule has 8 atom stereocenters. The first-order valence-corrected chi connectivity index (χ1v) is 23.8. The third kappa shape index (κ3) is 16.2. The Bertz CT molecular complexity index is 1870. The molecule has 0 unspecified atom stereocenters. The third-order valence-corrected chi connectivity index (χ3v) is 12.0. The van der Waals surface area contributed by atoms with Crippen molar-refractivity contribution < 1.29 is 57.3 Å². The van der Waals surface area contributed by atoms with E-state index in [9.17, 15) is 38.4 Å². The summed E-state index contributed by atoms with van der Waals surface area (Å²) in [4.78, 5) is 119. The van der Waals surface area contributed by atoms with Gasteiger partial charge in [0.1, 0.15) is 24.2 Å². The molecule has 0 aromatic heterocycles. The highest BCUT2D eigenvalue weighted by Gasteiger charge is 2.43. The van der Waals surface area contributed by atoms with Crippen molar-refractivity contribution in [3.8, 4) is 0 Å². The molecule has 3 rings (SSSR count). The predicted molar refractivity (Wildman–Crippen MR) is 255 cm³/mol. The fourth-order valence-corrected chi connectivity index (χ4v) is 8.14. The first-order chi connectivity index (χ1) is 31.8. The van der Waals surface area contributed by atoms with Crippen LogP contribution in [0.5, 0.6) is 0 Å². The summed E-state index contributed by atoms with van der Waals surface area (Å²) in [7, 11) is 5.56. The lowest BCUT2D eigenvalue weighted by Crippen LogP contribution is -2.55. The van der Waals surface area contributed by atoms with E-state index in [4.69, 9.17) is 18.9 Å². The molecule has 68 heavy (non-hydrogen) atoms. The Kier molecular flexibility index (Phi) is 21.7.